The number of thioether (sulfide) groups is 2. The van der Waals surface area contributed by atoms with Gasteiger partial charge >= 0.3 is 11.0 Å². The molecule has 0 fully saturated rings. The number of hydrogen-bond donors (Lipinski definition) is 0. The van der Waals surface area contributed by atoms with Gasteiger partial charge in [0.2, 0.25) is 0 Å². The molecule has 0 amide bonds. The average Bonchev–Trinajstić information content (AvgIpc) is 2.48. The predicted molar refractivity (Wildman–Crippen MR) is 93.0 cm³/mol. The smallest absolute Gasteiger partial charge is 0.228 e. The van der Waals surface area contributed by atoms with E-state index in [2.05, 4.69) is 0 Å². The molecule has 0 atom stereocenters. The standard InChI is InChI=1S/C16H12F6O2S3/c17-15(18,19)25-13-5-1-11(2-6-13)9-27(23,24)10-12-3-7-14(8-4-12)26-16(20,21)22/h1-8H,9-10H2. The zero-order valence-electron chi connectivity index (χ0n) is 13.3. The van der Waals surface area contributed by atoms with Crippen molar-refractivity contribution in [2.45, 2.75) is 32.3 Å². The van der Waals surface area contributed by atoms with Crippen LogP contribution in [0.3, 0.4) is 0 Å². The fourth-order valence-electron chi connectivity index (χ4n) is 2.13. The zero-order valence-corrected chi connectivity index (χ0v) is 15.8. The molecule has 0 saturated heterocycles. The first-order chi connectivity index (χ1) is 12.3. The van der Waals surface area contributed by atoms with Crippen LogP contribution < -0.4 is 0 Å². The van der Waals surface area contributed by atoms with Crippen LogP contribution in [0.15, 0.2) is 58.3 Å². The van der Waals surface area contributed by atoms with Gasteiger partial charge in [-0.1, -0.05) is 24.3 Å². The largest absolute Gasteiger partial charge is 0.446 e. The summed E-state index contributed by atoms with van der Waals surface area (Å²) < 4.78 is 98.1. The SMILES string of the molecule is O=S(=O)(Cc1ccc(SC(F)(F)F)cc1)Cc1ccc(SC(F)(F)F)cc1. The number of alkyl halides is 6. The highest BCUT2D eigenvalue weighted by molar-refractivity contribution is 8.00. The predicted octanol–water partition coefficient (Wildman–Crippen LogP) is 6.03. The molecule has 0 aliphatic carbocycles. The van der Waals surface area contributed by atoms with E-state index in [4.69, 9.17) is 0 Å². The van der Waals surface area contributed by atoms with E-state index in [-0.39, 0.29) is 44.8 Å². The van der Waals surface area contributed by atoms with Gasteiger partial charge in [0, 0.05) is 9.79 Å². The van der Waals surface area contributed by atoms with Crippen LogP contribution in [0.1, 0.15) is 11.1 Å². The molecular formula is C16H12F6O2S3. The summed E-state index contributed by atoms with van der Waals surface area (Å²) in [7, 11) is -3.64. The zero-order chi connectivity index (χ0) is 20.3. The highest BCUT2D eigenvalue weighted by Crippen LogP contribution is 2.37. The highest BCUT2D eigenvalue weighted by Gasteiger charge is 2.30. The Bertz CT molecular complexity index is 790. The van der Waals surface area contributed by atoms with Gasteiger partial charge in [0.1, 0.15) is 0 Å². The summed E-state index contributed by atoms with van der Waals surface area (Å²) in [6.45, 7) is 0. The lowest BCUT2D eigenvalue weighted by Crippen LogP contribution is -2.08. The fraction of sp³-hybridized carbons (Fsp3) is 0.250. The van der Waals surface area contributed by atoms with Crippen molar-refractivity contribution < 1.29 is 34.8 Å². The summed E-state index contributed by atoms with van der Waals surface area (Å²) in [5.41, 5.74) is -8.20. The minimum atomic E-state index is -4.43. The first-order valence-corrected chi connectivity index (χ1v) is 10.7. The Kier molecular flexibility index (Phi) is 6.80. The van der Waals surface area contributed by atoms with Crippen molar-refractivity contribution in [3.63, 3.8) is 0 Å². The van der Waals surface area contributed by atoms with Gasteiger partial charge < -0.3 is 0 Å². The third-order valence-corrected chi connectivity index (χ3v) is 6.11. The Balaban J connectivity index is 2.00. The average molecular weight is 446 g/mol. The van der Waals surface area contributed by atoms with Crippen molar-refractivity contribution in [1.82, 2.24) is 0 Å². The minimum Gasteiger partial charge on any atom is -0.228 e. The topological polar surface area (TPSA) is 34.1 Å². The molecule has 27 heavy (non-hydrogen) atoms. The number of halogens is 6. The monoisotopic (exact) mass is 446 g/mol. The molecule has 0 N–H and O–H groups in total. The Morgan fingerprint density at radius 3 is 1.19 bits per heavy atom. The van der Waals surface area contributed by atoms with E-state index in [9.17, 15) is 34.8 Å². The molecule has 0 heterocycles. The van der Waals surface area contributed by atoms with Gasteiger partial charge in [0.05, 0.1) is 11.5 Å². The molecule has 11 heteroatoms. The Labute approximate surface area is 160 Å². The van der Waals surface area contributed by atoms with Crippen LogP contribution >= 0.6 is 23.5 Å². The van der Waals surface area contributed by atoms with E-state index in [0.717, 1.165) is 0 Å². The lowest BCUT2D eigenvalue weighted by Gasteiger charge is -2.09. The molecule has 0 saturated carbocycles. The van der Waals surface area contributed by atoms with Gasteiger partial charge in [-0.15, -0.1) is 0 Å². The van der Waals surface area contributed by atoms with Crippen LogP contribution in [0.2, 0.25) is 0 Å². The second-order valence-corrected chi connectivity index (χ2v) is 9.76. The van der Waals surface area contributed by atoms with Crippen molar-refractivity contribution in [3.05, 3.63) is 59.7 Å². The summed E-state index contributed by atoms with van der Waals surface area (Å²) >= 11 is -0.593. The van der Waals surface area contributed by atoms with Crippen molar-refractivity contribution in [2.24, 2.45) is 0 Å². The van der Waals surface area contributed by atoms with Crippen LogP contribution in [0.25, 0.3) is 0 Å². The van der Waals surface area contributed by atoms with Crippen LogP contribution in [0.4, 0.5) is 26.3 Å². The first-order valence-electron chi connectivity index (χ1n) is 7.21. The van der Waals surface area contributed by atoms with Crippen molar-refractivity contribution in [3.8, 4) is 0 Å². The van der Waals surface area contributed by atoms with Crippen LogP contribution in [-0.4, -0.2) is 19.4 Å². The van der Waals surface area contributed by atoms with E-state index >= 15 is 0 Å². The summed E-state index contributed by atoms with van der Waals surface area (Å²) in [6.07, 6.45) is 0. The minimum absolute atomic E-state index is 0.0543. The lowest BCUT2D eigenvalue weighted by atomic mass is 10.2. The number of hydrogen-bond acceptors (Lipinski definition) is 4. The molecule has 0 aromatic heterocycles. The molecule has 2 rings (SSSR count). The van der Waals surface area contributed by atoms with Gasteiger partial charge in [-0.25, -0.2) is 8.42 Å². The molecule has 0 unspecified atom stereocenters. The maximum Gasteiger partial charge on any atom is 0.446 e. The Hall–Kier alpha value is -1.33. The fourth-order valence-corrected chi connectivity index (χ4v) is 4.72. The lowest BCUT2D eigenvalue weighted by molar-refractivity contribution is -0.0337. The molecule has 2 nitrogen and oxygen atoms in total. The van der Waals surface area contributed by atoms with Gasteiger partial charge in [0.25, 0.3) is 0 Å². The Morgan fingerprint density at radius 2 is 0.926 bits per heavy atom. The summed E-state index contributed by atoms with van der Waals surface area (Å²) in [4.78, 5) is -0.109. The van der Waals surface area contributed by atoms with E-state index in [1.165, 1.54) is 48.5 Å². The van der Waals surface area contributed by atoms with Gasteiger partial charge in [0.15, 0.2) is 9.84 Å². The molecule has 0 bridgehead atoms. The maximum absolute atomic E-state index is 12.3. The summed E-state index contributed by atoms with van der Waals surface area (Å²) in [6, 6.07) is 9.95. The maximum atomic E-state index is 12.3. The first kappa shape index (κ1) is 22.0. The number of sulfone groups is 1. The van der Waals surface area contributed by atoms with Crippen molar-refractivity contribution in [1.29, 1.82) is 0 Å². The molecule has 0 aliphatic rings. The molecule has 148 valence electrons. The van der Waals surface area contributed by atoms with Crippen molar-refractivity contribution in [2.75, 3.05) is 0 Å². The number of rotatable bonds is 6. The second-order valence-electron chi connectivity index (χ2n) is 5.42. The third-order valence-electron chi connectivity index (χ3n) is 3.09. The van der Waals surface area contributed by atoms with E-state index in [1.54, 1.807) is 0 Å². The van der Waals surface area contributed by atoms with E-state index in [0.29, 0.717) is 11.1 Å². The molecule has 2 aromatic rings. The van der Waals surface area contributed by atoms with Crippen LogP contribution in [0, 0.1) is 0 Å². The number of benzene rings is 2. The Morgan fingerprint density at radius 1 is 0.630 bits per heavy atom. The highest BCUT2D eigenvalue weighted by atomic mass is 32.2. The van der Waals surface area contributed by atoms with Gasteiger partial charge in [-0.2, -0.15) is 26.3 Å². The summed E-state index contributed by atoms with van der Waals surface area (Å²) in [5, 5.41) is 0. The van der Waals surface area contributed by atoms with Crippen molar-refractivity contribution >= 4 is 33.4 Å². The van der Waals surface area contributed by atoms with Gasteiger partial charge in [-0.05, 0) is 58.9 Å². The molecule has 0 radical (unpaired) electrons. The molecular weight excluding hydrogens is 434 g/mol. The molecule has 2 aromatic carbocycles. The quantitative estimate of drug-likeness (QED) is 0.401. The molecule has 0 spiro atoms. The van der Waals surface area contributed by atoms with Crippen LogP contribution in [0.5, 0.6) is 0 Å². The summed E-state index contributed by atoms with van der Waals surface area (Å²) in [5.74, 6) is -0.772. The molecule has 0 aliphatic heterocycles. The van der Waals surface area contributed by atoms with E-state index in [1.807, 2.05) is 0 Å². The van der Waals surface area contributed by atoms with Crippen LogP contribution in [-0.2, 0) is 21.3 Å². The van der Waals surface area contributed by atoms with Gasteiger partial charge in [-0.3, -0.25) is 0 Å². The van der Waals surface area contributed by atoms with E-state index < -0.39 is 20.9 Å². The second kappa shape index (κ2) is 8.36. The normalized spacial score (nSPS) is 13.0. The third kappa shape index (κ3) is 8.48.